The van der Waals surface area contributed by atoms with E-state index in [9.17, 15) is 18.0 Å². The summed E-state index contributed by atoms with van der Waals surface area (Å²) in [4.78, 5) is 9.50. The maximum Gasteiger partial charge on any atom is 0.159 e. The van der Waals surface area contributed by atoms with Crippen LogP contribution < -0.4 is 10.6 Å². The first-order valence-electron chi connectivity index (χ1n) is 8.13. The van der Waals surface area contributed by atoms with Gasteiger partial charge in [-0.3, -0.25) is 0 Å². The summed E-state index contributed by atoms with van der Waals surface area (Å²) >= 11 is 0. The van der Waals surface area contributed by atoms with Gasteiger partial charge in [-0.05, 0) is 18.5 Å². The average molecular weight is 344 g/mol. The molecule has 2 N–H and O–H groups in total. The van der Waals surface area contributed by atoms with Crippen molar-refractivity contribution in [2.24, 2.45) is 5.92 Å². The molecule has 0 aliphatic carbocycles. The molecule has 0 radical (unpaired) electrons. The van der Waals surface area contributed by atoms with E-state index in [4.69, 9.17) is 0 Å². The second-order valence-electron chi connectivity index (χ2n) is 5.22. The second-order valence-corrected chi connectivity index (χ2v) is 5.22. The van der Waals surface area contributed by atoms with E-state index in [0.29, 0.717) is 31.1 Å². The van der Waals surface area contributed by atoms with Crippen molar-refractivity contribution < 1.29 is 18.0 Å². The lowest BCUT2D eigenvalue weighted by molar-refractivity contribution is -0.110. The van der Waals surface area contributed by atoms with Gasteiger partial charge in [0.15, 0.2) is 11.6 Å². The Balaban J connectivity index is 0.000000650. The van der Waals surface area contributed by atoms with Crippen LogP contribution in [0.15, 0.2) is 12.1 Å². The number of aldehydes is 1. The first-order valence-corrected chi connectivity index (χ1v) is 8.13. The van der Waals surface area contributed by atoms with Crippen LogP contribution in [0.1, 0.15) is 39.7 Å². The van der Waals surface area contributed by atoms with Gasteiger partial charge in [0.05, 0.1) is 5.56 Å². The van der Waals surface area contributed by atoms with Gasteiger partial charge in [-0.2, -0.15) is 0 Å². The Morgan fingerprint density at radius 1 is 1.21 bits per heavy atom. The molecule has 1 heterocycles. The number of carbonyl (C=O) groups is 1. The molecule has 0 spiro atoms. The highest BCUT2D eigenvalue weighted by Crippen LogP contribution is 2.31. The van der Waals surface area contributed by atoms with Gasteiger partial charge in [0.2, 0.25) is 0 Å². The molecule has 0 saturated heterocycles. The van der Waals surface area contributed by atoms with E-state index < -0.39 is 17.5 Å². The van der Waals surface area contributed by atoms with Gasteiger partial charge < -0.3 is 15.4 Å². The fraction of sp³-hybridized carbons (Fsp3) is 0.500. The molecular formula is C18H27F3N2O. The predicted molar refractivity (Wildman–Crippen MR) is 93.6 cm³/mol. The van der Waals surface area contributed by atoms with E-state index >= 15 is 0 Å². The number of hydrogen-bond acceptors (Lipinski definition) is 3. The lowest BCUT2D eigenvalue weighted by Crippen LogP contribution is -2.21. The highest BCUT2D eigenvalue weighted by molar-refractivity contribution is 5.71. The SMILES string of the molecule is CC.CC(C)C=O.CNc1c(F)cc(F)c(C2=CCNCC2)c1F. The molecule has 0 bridgehead atoms. The smallest absolute Gasteiger partial charge is 0.159 e. The Morgan fingerprint density at radius 3 is 2.21 bits per heavy atom. The maximum absolute atomic E-state index is 14.0. The van der Waals surface area contributed by atoms with Crippen molar-refractivity contribution in [3.05, 3.63) is 35.2 Å². The quantitative estimate of drug-likeness (QED) is 0.799. The molecule has 136 valence electrons. The molecule has 24 heavy (non-hydrogen) atoms. The number of halogens is 3. The van der Waals surface area contributed by atoms with E-state index in [1.165, 1.54) is 7.05 Å². The molecule has 0 amide bonds. The van der Waals surface area contributed by atoms with Crippen LogP contribution in [0.5, 0.6) is 0 Å². The van der Waals surface area contributed by atoms with Gasteiger partial charge in [-0.1, -0.05) is 33.8 Å². The molecule has 2 rings (SSSR count). The van der Waals surface area contributed by atoms with Crippen LogP contribution in [0.25, 0.3) is 5.57 Å². The summed E-state index contributed by atoms with van der Waals surface area (Å²) < 4.78 is 40.9. The van der Waals surface area contributed by atoms with Crippen molar-refractivity contribution in [1.29, 1.82) is 0 Å². The summed E-state index contributed by atoms with van der Waals surface area (Å²) in [6, 6.07) is 0.715. The number of rotatable bonds is 3. The molecule has 1 aromatic rings. The van der Waals surface area contributed by atoms with Crippen molar-refractivity contribution in [3.8, 4) is 0 Å². The van der Waals surface area contributed by atoms with E-state index in [1.807, 2.05) is 27.7 Å². The molecule has 0 atom stereocenters. The summed E-state index contributed by atoms with van der Waals surface area (Å²) in [7, 11) is 1.40. The highest BCUT2D eigenvalue weighted by atomic mass is 19.1. The molecule has 0 unspecified atom stereocenters. The summed E-state index contributed by atoms with van der Waals surface area (Å²) in [6.07, 6.45) is 3.17. The summed E-state index contributed by atoms with van der Waals surface area (Å²) in [5.41, 5.74) is 0.160. The zero-order valence-corrected chi connectivity index (χ0v) is 15.0. The minimum atomic E-state index is -0.916. The van der Waals surface area contributed by atoms with Crippen LogP contribution in [0.3, 0.4) is 0 Å². The van der Waals surface area contributed by atoms with Crippen LogP contribution in [0.2, 0.25) is 0 Å². The fourth-order valence-corrected chi connectivity index (χ4v) is 1.96. The number of benzene rings is 1. The molecule has 0 fully saturated rings. The first kappa shape index (κ1) is 22.2. The topological polar surface area (TPSA) is 41.1 Å². The summed E-state index contributed by atoms with van der Waals surface area (Å²) in [6.45, 7) is 8.94. The van der Waals surface area contributed by atoms with Crippen molar-refractivity contribution in [3.63, 3.8) is 0 Å². The van der Waals surface area contributed by atoms with Gasteiger partial charge in [-0.15, -0.1) is 0 Å². The minimum Gasteiger partial charge on any atom is -0.383 e. The van der Waals surface area contributed by atoms with Gasteiger partial charge >= 0.3 is 0 Å². The molecule has 0 saturated carbocycles. The maximum atomic E-state index is 14.0. The first-order chi connectivity index (χ1) is 11.4. The van der Waals surface area contributed by atoms with E-state index in [2.05, 4.69) is 10.6 Å². The van der Waals surface area contributed by atoms with Crippen LogP contribution in [0.4, 0.5) is 18.9 Å². The molecule has 1 aliphatic rings. The van der Waals surface area contributed by atoms with Gasteiger partial charge in [-0.25, -0.2) is 13.2 Å². The Labute approximate surface area is 142 Å². The highest BCUT2D eigenvalue weighted by Gasteiger charge is 2.21. The van der Waals surface area contributed by atoms with Gasteiger partial charge in [0, 0.05) is 25.6 Å². The Morgan fingerprint density at radius 2 is 1.79 bits per heavy atom. The molecule has 6 heteroatoms. The minimum absolute atomic E-state index is 0.128. The van der Waals surface area contributed by atoms with Crippen LogP contribution >= 0.6 is 0 Å². The third kappa shape index (κ3) is 6.35. The van der Waals surface area contributed by atoms with Crippen LogP contribution in [-0.4, -0.2) is 26.4 Å². The van der Waals surface area contributed by atoms with E-state index in [1.54, 1.807) is 6.08 Å². The zero-order valence-electron chi connectivity index (χ0n) is 15.0. The third-order valence-corrected chi connectivity index (χ3v) is 3.08. The monoisotopic (exact) mass is 344 g/mol. The largest absolute Gasteiger partial charge is 0.383 e. The second kappa shape index (κ2) is 11.7. The van der Waals surface area contributed by atoms with Gasteiger partial charge in [0.25, 0.3) is 0 Å². The standard InChI is InChI=1S/C12H13F3N2.C4H8O.C2H6/c1-16-12-9(14)6-8(13)10(11(12)15)7-2-4-17-5-3-7;1-4(2)3-5;1-2/h2,6,16-17H,3-5H2,1H3;3-4H,1-2H3;1-2H3. The summed E-state index contributed by atoms with van der Waals surface area (Å²) in [5, 5.41) is 5.46. The van der Waals surface area contributed by atoms with E-state index in [-0.39, 0.29) is 17.2 Å². The molecule has 1 aliphatic heterocycles. The molecular weight excluding hydrogens is 317 g/mol. The van der Waals surface area contributed by atoms with E-state index in [0.717, 1.165) is 6.29 Å². The van der Waals surface area contributed by atoms with Gasteiger partial charge in [0.1, 0.15) is 17.8 Å². The molecule has 3 nitrogen and oxygen atoms in total. The number of carbonyl (C=O) groups excluding carboxylic acids is 1. The fourth-order valence-electron chi connectivity index (χ4n) is 1.96. The Kier molecular flexibility index (Phi) is 10.8. The normalized spacial score (nSPS) is 13.1. The lowest BCUT2D eigenvalue weighted by atomic mass is 9.98. The summed E-state index contributed by atoms with van der Waals surface area (Å²) in [5.74, 6) is -2.43. The van der Waals surface area contributed by atoms with Crippen LogP contribution in [-0.2, 0) is 4.79 Å². The molecule has 0 aromatic heterocycles. The lowest BCUT2D eigenvalue weighted by Gasteiger charge is -2.17. The average Bonchev–Trinajstić information content (AvgIpc) is 2.58. The predicted octanol–water partition coefficient (Wildman–Crippen LogP) is 4.39. The van der Waals surface area contributed by atoms with Crippen molar-refractivity contribution >= 4 is 17.5 Å². The number of nitrogens with one attached hydrogen (secondary N) is 2. The van der Waals surface area contributed by atoms with Crippen molar-refractivity contribution in [2.75, 3.05) is 25.5 Å². The zero-order chi connectivity index (χ0) is 18.7. The van der Waals surface area contributed by atoms with Crippen LogP contribution in [0, 0.1) is 23.4 Å². The number of anilines is 1. The number of hydrogen-bond donors (Lipinski definition) is 2. The third-order valence-electron chi connectivity index (χ3n) is 3.08. The Hall–Kier alpha value is -1.82. The molecule has 1 aromatic carbocycles. The van der Waals surface area contributed by atoms with Crippen molar-refractivity contribution in [2.45, 2.75) is 34.1 Å². The Bertz CT molecular complexity index is 558. The van der Waals surface area contributed by atoms with Crippen molar-refractivity contribution in [1.82, 2.24) is 5.32 Å².